The van der Waals surface area contributed by atoms with Gasteiger partial charge in [-0.15, -0.1) is 0 Å². The molecule has 0 spiro atoms. The number of rotatable bonds is 12. The summed E-state index contributed by atoms with van der Waals surface area (Å²) in [7, 11) is 4.88. The maximum atomic E-state index is 14.3. The molecule has 54 heavy (non-hydrogen) atoms. The number of piperazine rings is 1. The number of carbonyl (C=O) groups excluding carboxylic acids is 2. The molecule has 14 nitrogen and oxygen atoms in total. The van der Waals surface area contributed by atoms with Gasteiger partial charge in [0.2, 0.25) is 17.8 Å². The highest BCUT2D eigenvalue weighted by molar-refractivity contribution is 6.01. The van der Waals surface area contributed by atoms with Crippen molar-refractivity contribution < 1.29 is 33.7 Å². The molecule has 6 heterocycles. The fourth-order valence-electron chi connectivity index (χ4n) is 9.06. The van der Waals surface area contributed by atoms with Crippen LogP contribution in [-0.2, 0) is 27.0 Å². The van der Waals surface area contributed by atoms with Gasteiger partial charge in [-0.25, -0.2) is 19.6 Å². The zero-order valence-electron chi connectivity index (χ0n) is 31.4. The van der Waals surface area contributed by atoms with Crippen LogP contribution in [0.25, 0.3) is 0 Å². The minimum atomic E-state index is -1.13. The van der Waals surface area contributed by atoms with E-state index in [4.69, 9.17) is 14.2 Å². The van der Waals surface area contributed by atoms with Gasteiger partial charge in [0.05, 0.1) is 26.7 Å². The third-order valence-corrected chi connectivity index (χ3v) is 12.1. The number of fused-ring (bicyclic) bond motifs is 3. The SMILES string of the molecule is COc1cc(CN2CCC(CCN3CCC(C(=O)NC(=O)N4C(C(=O)O)N5CCN4CC5)(c4ccncc4)CC3)(c3ccccc3)C2)cc(OC)c1OC. The van der Waals surface area contributed by atoms with Gasteiger partial charge < -0.3 is 24.2 Å². The molecule has 0 aliphatic carbocycles. The van der Waals surface area contributed by atoms with E-state index < -0.39 is 29.5 Å². The molecule has 2 unspecified atom stereocenters. The number of aliphatic carboxylic acids is 1. The Kier molecular flexibility index (Phi) is 11.1. The predicted molar refractivity (Wildman–Crippen MR) is 200 cm³/mol. The number of ether oxygens (including phenoxy) is 3. The van der Waals surface area contributed by atoms with E-state index in [2.05, 4.69) is 50.4 Å². The van der Waals surface area contributed by atoms with E-state index in [1.165, 1.54) is 10.6 Å². The molecule has 2 aromatic carbocycles. The summed E-state index contributed by atoms with van der Waals surface area (Å²) in [6, 6.07) is 17.8. The molecule has 0 saturated carbocycles. The number of methoxy groups -OCH3 is 3. The molecule has 5 saturated heterocycles. The zero-order chi connectivity index (χ0) is 37.9. The largest absolute Gasteiger partial charge is 0.493 e. The number of nitrogens with one attached hydrogen (secondary N) is 1. The van der Waals surface area contributed by atoms with Crippen molar-refractivity contribution in [3.05, 3.63) is 83.7 Å². The van der Waals surface area contributed by atoms with Gasteiger partial charge >= 0.3 is 12.0 Å². The summed E-state index contributed by atoms with van der Waals surface area (Å²) >= 11 is 0. The summed E-state index contributed by atoms with van der Waals surface area (Å²) in [6.07, 6.45) is 5.21. The first-order valence-electron chi connectivity index (χ1n) is 18.8. The maximum absolute atomic E-state index is 14.3. The van der Waals surface area contributed by atoms with Crippen LogP contribution in [-0.4, -0.2) is 139 Å². The number of imide groups is 1. The van der Waals surface area contributed by atoms with E-state index >= 15 is 0 Å². The highest BCUT2D eigenvalue weighted by Gasteiger charge is 2.49. The average Bonchev–Trinajstić information content (AvgIpc) is 3.63. The lowest BCUT2D eigenvalue weighted by molar-refractivity contribution is -0.190. The number of piperidine rings is 1. The Morgan fingerprint density at radius 1 is 0.815 bits per heavy atom. The van der Waals surface area contributed by atoms with Crippen molar-refractivity contribution in [1.29, 1.82) is 0 Å². The topological polar surface area (TPSA) is 140 Å². The molecule has 3 aromatic rings. The normalized spacial score (nSPS) is 25.2. The zero-order valence-corrected chi connectivity index (χ0v) is 31.4. The van der Waals surface area contributed by atoms with Gasteiger partial charge in [-0.1, -0.05) is 30.3 Å². The third kappa shape index (κ3) is 7.22. The molecule has 0 radical (unpaired) electrons. The van der Waals surface area contributed by atoms with Crippen molar-refractivity contribution in [3.8, 4) is 17.2 Å². The van der Waals surface area contributed by atoms with Crippen molar-refractivity contribution in [2.24, 2.45) is 0 Å². The van der Waals surface area contributed by atoms with Crippen LogP contribution < -0.4 is 19.5 Å². The van der Waals surface area contributed by atoms with E-state index in [9.17, 15) is 19.5 Å². The summed E-state index contributed by atoms with van der Waals surface area (Å²) in [4.78, 5) is 51.0. The molecular weight excluding hydrogens is 690 g/mol. The summed E-state index contributed by atoms with van der Waals surface area (Å²) in [5.41, 5.74) is 2.22. The van der Waals surface area contributed by atoms with Gasteiger partial charge in [-0.3, -0.25) is 24.9 Å². The first-order valence-corrected chi connectivity index (χ1v) is 18.8. The smallest absolute Gasteiger partial charge is 0.343 e. The second-order valence-electron chi connectivity index (χ2n) is 14.9. The number of benzene rings is 2. The minimum absolute atomic E-state index is 0.0504. The number of likely N-dealkylation sites (tertiary alicyclic amines) is 2. The first kappa shape index (κ1) is 37.6. The van der Waals surface area contributed by atoms with Crippen LogP contribution in [0.5, 0.6) is 17.2 Å². The second-order valence-corrected chi connectivity index (χ2v) is 14.9. The van der Waals surface area contributed by atoms with Crippen molar-refractivity contribution >= 4 is 17.9 Å². The maximum Gasteiger partial charge on any atom is 0.343 e. The van der Waals surface area contributed by atoms with Gasteiger partial charge in [0, 0.05) is 57.1 Å². The molecule has 5 fully saturated rings. The fourth-order valence-corrected chi connectivity index (χ4v) is 9.06. The molecule has 8 rings (SSSR count). The van der Waals surface area contributed by atoms with Crippen LogP contribution in [0.15, 0.2) is 67.0 Å². The lowest BCUT2D eigenvalue weighted by Gasteiger charge is -2.52. The molecule has 2 N–H and O–H groups in total. The van der Waals surface area contributed by atoms with Crippen LogP contribution in [0, 0.1) is 0 Å². The molecule has 2 atom stereocenters. The number of amides is 3. The molecule has 14 heteroatoms. The Hall–Kier alpha value is -4.76. The van der Waals surface area contributed by atoms with Gasteiger partial charge in [-0.2, -0.15) is 0 Å². The molecule has 5 aliphatic heterocycles. The molecular formula is C40H51N7O7. The molecule has 2 bridgehead atoms. The highest BCUT2D eigenvalue weighted by atomic mass is 16.5. The Bertz CT molecular complexity index is 1770. The Balaban J connectivity index is 1.04. The van der Waals surface area contributed by atoms with Gasteiger partial charge in [0.15, 0.2) is 11.5 Å². The number of urea groups is 1. The predicted octanol–water partition coefficient (Wildman–Crippen LogP) is 3.17. The average molecular weight is 742 g/mol. The summed E-state index contributed by atoms with van der Waals surface area (Å²) in [6.45, 7) is 6.97. The van der Waals surface area contributed by atoms with E-state index in [-0.39, 0.29) is 5.41 Å². The third-order valence-electron chi connectivity index (χ3n) is 12.1. The minimum Gasteiger partial charge on any atom is -0.493 e. The fraction of sp³-hybridized carbons (Fsp3) is 0.500. The van der Waals surface area contributed by atoms with Crippen LogP contribution in [0.4, 0.5) is 4.79 Å². The molecule has 5 aliphatic rings. The van der Waals surface area contributed by atoms with Crippen LogP contribution in [0.1, 0.15) is 42.4 Å². The van der Waals surface area contributed by atoms with Crippen molar-refractivity contribution in [3.63, 3.8) is 0 Å². The van der Waals surface area contributed by atoms with Gasteiger partial charge in [-0.05, 0) is 92.8 Å². The van der Waals surface area contributed by atoms with Crippen molar-refractivity contribution in [2.45, 2.75) is 49.2 Å². The number of aromatic nitrogens is 1. The Labute approximate surface area is 316 Å². The number of hydrazine groups is 1. The number of carboxylic acid groups (broad SMARTS) is 1. The second kappa shape index (κ2) is 15.9. The van der Waals surface area contributed by atoms with E-state index in [1.807, 2.05) is 24.3 Å². The molecule has 1 aromatic heterocycles. The number of nitrogens with zero attached hydrogens (tertiary/aromatic N) is 6. The number of carboxylic acids is 1. The molecule has 288 valence electrons. The van der Waals surface area contributed by atoms with E-state index in [1.54, 1.807) is 43.6 Å². The number of pyridine rings is 1. The lowest BCUT2D eigenvalue weighted by Crippen LogP contribution is -2.74. The summed E-state index contributed by atoms with van der Waals surface area (Å²) in [5, 5.41) is 15.6. The number of hydrogen-bond acceptors (Lipinski definition) is 11. The Morgan fingerprint density at radius 3 is 2.07 bits per heavy atom. The quantitative estimate of drug-likeness (QED) is 0.282. The standard InChI is InChI=1S/C40H51N7O7/c1-52-32-25-29(26-33(53-2)34(32)54-3)27-44-18-12-39(28-44,30-7-5-4-6-8-30)11-17-43-19-13-40(14-20-43,31-9-15-41-16-10-31)37(50)42-38(51)47-35(36(48)49)45-21-23-46(47)24-22-45/h4-10,15-16,25-26,35H,11-14,17-24,27-28H2,1-3H3,(H,48,49)(H,42,50,51). The van der Waals surface area contributed by atoms with E-state index in [0.29, 0.717) is 69.4 Å². The lowest BCUT2D eigenvalue weighted by atomic mass is 9.71. The number of hydrogen-bond donors (Lipinski definition) is 2. The highest BCUT2D eigenvalue weighted by Crippen LogP contribution is 2.42. The van der Waals surface area contributed by atoms with Crippen molar-refractivity contribution in [2.75, 3.05) is 80.2 Å². The van der Waals surface area contributed by atoms with Crippen LogP contribution in [0.2, 0.25) is 0 Å². The molecule has 3 amide bonds. The van der Waals surface area contributed by atoms with Gasteiger partial charge in [0.25, 0.3) is 0 Å². The van der Waals surface area contributed by atoms with E-state index in [0.717, 1.165) is 50.1 Å². The summed E-state index contributed by atoms with van der Waals surface area (Å²) < 4.78 is 16.8. The Morgan fingerprint density at radius 2 is 1.46 bits per heavy atom. The van der Waals surface area contributed by atoms with Gasteiger partial charge in [0.1, 0.15) is 0 Å². The van der Waals surface area contributed by atoms with Crippen LogP contribution in [0.3, 0.4) is 0 Å². The monoisotopic (exact) mass is 741 g/mol. The van der Waals surface area contributed by atoms with Crippen molar-refractivity contribution in [1.82, 2.24) is 35.0 Å². The van der Waals surface area contributed by atoms with Crippen LogP contribution >= 0.6 is 0 Å². The first-order chi connectivity index (χ1) is 26.2. The number of carbonyl (C=O) groups is 3. The summed E-state index contributed by atoms with van der Waals surface area (Å²) in [5.74, 6) is 0.354.